The molecule has 2 heterocycles. The average Bonchev–Trinajstić information content (AvgIpc) is 2.47. The van der Waals surface area contributed by atoms with E-state index in [0.29, 0.717) is 25.9 Å². The largest absolute Gasteiger partial charge is 0.435 e. The Hall–Kier alpha value is -1.42. The minimum absolute atomic E-state index is 0.0330. The number of piperidine rings is 1. The molecule has 0 atom stereocenters. The summed E-state index contributed by atoms with van der Waals surface area (Å²) >= 11 is 0. The molecule has 0 radical (unpaired) electrons. The number of anilines is 1. The Morgan fingerprint density at radius 2 is 1.91 bits per heavy atom. The number of nitrogens with zero attached hydrogens (tertiary/aromatic N) is 3. The van der Waals surface area contributed by atoms with E-state index in [4.69, 9.17) is 0 Å². The Morgan fingerprint density at radius 3 is 2.36 bits per heavy atom. The van der Waals surface area contributed by atoms with E-state index in [1.807, 2.05) is 0 Å². The highest BCUT2D eigenvalue weighted by atomic mass is 32.2. The highest BCUT2D eigenvalue weighted by molar-refractivity contribution is 7.89. The molecule has 0 aliphatic carbocycles. The Kier molecular flexibility index (Phi) is 4.90. The van der Waals surface area contributed by atoms with Crippen LogP contribution in [0.2, 0.25) is 0 Å². The molecule has 124 valence electrons. The van der Waals surface area contributed by atoms with Crippen LogP contribution in [0.25, 0.3) is 0 Å². The van der Waals surface area contributed by atoms with Crippen LogP contribution in [0.15, 0.2) is 12.1 Å². The van der Waals surface area contributed by atoms with Crippen molar-refractivity contribution in [2.75, 3.05) is 24.2 Å². The molecule has 0 bridgehead atoms. The fourth-order valence-electron chi connectivity index (χ4n) is 2.23. The van der Waals surface area contributed by atoms with Crippen molar-refractivity contribution >= 4 is 15.8 Å². The van der Waals surface area contributed by atoms with Crippen LogP contribution in [0.3, 0.4) is 0 Å². The lowest BCUT2D eigenvalue weighted by Gasteiger charge is -2.31. The molecule has 0 spiro atoms. The van der Waals surface area contributed by atoms with Gasteiger partial charge in [-0.25, -0.2) is 12.7 Å². The van der Waals surface area contributed by atoms with Crippen LogP contribution in [-0.4, -0.2) is 47.8 Å². The van der Waals surface area contributed by atoms with Gasteiger partial charge >= 0.3 is 6.18 Å². The van der Waals surface area contributed by atoms with Crippen LogP contribution in [-0.2, 0) is 16.2 Å². The molecular formula is C12H17F3N4O2S. The van der Waals surface area contributed by atoms with Gasteiger partial charge in [0, 0.05) is 19.1 Å². The van der Waals surface area contributed by atoms with Crippen molar-refractivity contribution in [3.63, 3.8) is 0 Å². The predicted octanol–water partition coefficient (Wildman–Crippen LogP) is 1.72. The first kappa shape index (κ1) is 16.9. The van der Waals surface area contributed by atoms with Gasteiger partial charge in [0.15, 0.2) is 5.69 Å². The highest BCUT2D eigenvalue weighted by Gasteiger charge is 2.33. The molecule has 1 aromatic heterocycles. The second-order valence-corrected chi connectivity index (χ2v) is 7.28. The fraction of sp³-hybridized carbons (Fsp3) is 0.667. The molecule has 10 heteroatoms. The maximum Gasteiger partial charge on any atom is 0.435 e. The third-order valence-electron chi connectivity index (χ3n) is 3.52. The van der Waals surface area contributed by atoms with Gasteiger partial charge in [0.25, 0.3) is 0 Å². The minimum Gasteiger partial charge on any atom is -0.366 e. The molecule has 1 fully saturated rings. The summed E-state index contributed by atoms with van der Waals surface area (Å²) in [7, 11) is -3.19. The van der Waals surface area contributed by atoms with E-state index in [1.165, 1.54) is 10.4 Å². The lowest BCUT2D eigenvalue weighted by molar-refractivity contribution is -0.141. The summed E-state index contributed by atoms with van der Waals surface area (Å²) in [5.74, 6) is 0.319. The SMILES string of the molecule is CCS(=O)(=O)N1CCC(Nc2ccc(C(F)(F)F)nn2)CC1. The topological polar surface area (TPSA) is 75.2 Å². The zero-order chi connectivity index (χ0) is 16.4. The number of aromatic nitrogens is 2. The van der Waals surface area contributed by atoms with Gasteiger partial charge in [-0.1, -0.05) is 0 Å². The highest BCUT2D eigenvalue weighted by Crippen LogP contribution is 2.27. The van der Waals surface area contributed by atoms with Gasteiger partial charge in [-0.15, -0.1) is 10.2 Å². The van der Waals surface area contributed by atoms with Crippen molar-refractivity contribution in [3.05, 3.63) is 17.8 Å². The van der Waals surface area contributed by atoms with Gasteiger partial charge in [0.1, 0.15) is 5.82 Å². The normalized spacial score (nSPS) is 18.4. The Labute approximate surface area is 126 Å². The fourth-order valence-corrected chi connectivity index (χ4v) is 3.36. The molecule has 1 aliphatic heterocycles. The van der Waals surface area contributed by atoms with Gasteiger partial charge in [-0.05, 0) is 31.9 Å². The van der Waals surface area contributed by atoms with Crippen molar-refractivity contribution in [2.45, 2.75) is 32.0 Å². The van der Waals surface area contributed by atoms with Gasteiger partial charge in [0.05, 0.1) is 5.75 Å². The van der Waals surface area contributed by atoms with Crippen LogP contribution in [0.4, 0.5) is 19.0 Å². The lowest BCUT2D eigenvalue weighted by atomic mass is 10.1. The maximum atomic E-state index is 12.4. The van der Waals surface area contributed by atoms with Crippen molar-refractivity contribution < 1.29 is 21.6 Å². The summed E-state index contributed by atoms with van der Waals surface area (Å²) in [6.07, 6.45) is -3.37. The summed E-state index contributed by atoms with van der Waals surface area (Å²) in [6, 6.07) is 2.06. The average molecular weight is 338 g/mol. The Morgan fingerprint density at radius 1 is 1.27 bits per heavy atom. The van der Waals surface area contributed by atoms with Crippen molar-refractivity contribution in [3.8, 4) is 0 Å². The lowest BCUT2D eigenvalue weighted by Crippen LogP contribution is -2.43. The summed E-state index contributed by atoms with van der Waals surface area (Å²) in [5, 5.41) is 9.64. The number of rotatable bonds is 4. The van der Waals surface area contributed by atoms with Gasteiger partial charge in [-0.2, -0.15) is 13.2 Å². The van der Waals surface area contributed by atoms with E-state index >= 15 is 0 Å². The minimum atomic E-state index is -4.51. The summed E-state index contributed by atoms with van der Waals surface area (Å²) < 4.78 is 62.0. The first-order valence-electron chi connectivity index (χ1n) is 6.87. The van der Waals surface area contributed by atoms with Gasteiger partial charge in [-0.3, -0.25) is 0 Å². The van der Waals surface area contributed by atoms with Crippen molar-refractivity contribution in [1.29, 1.82) is 0 Å². The number of sulfonamides is 1. The third kappa shape index (κ3) is 4.07. The van der Waals surface area contributed by atoms with E-state index < -0.39 is 21.9 Å². The van der Waals surface area contributed by atoms with E-state index in [9.17, 15) is 21.6 Å². The first-order chi connectivity index (χ1) is 10.2. The predicted molar refractivity (Wildman–Crippen MR) is 74.7 cm³/mol. The maximum absolute atomic E-state index is 12.4. The molecule has 22 heavy (non-hydrogen) atoms. The molecule has 2 rings (SSSR count). The quantitative estimate of drug-likeness (QED) is 0.905. The number of nitrogens with one attached hydrogen (secondary N) is 1. The van der Waals surface area contributed by atoms with Crippen molar-refractivity contribution in [2.24, 2.45) is 0 Å². The van der Waals surface area contributed by atoms with Crippen LogP contribution >= 0.6 is 0 Å². The molecule has 1 aliphatic rings. The van der Waals surface area contributed by atoms with Crippen LogP contribution in [0.5, 0.6) is 0 Å². The van der Waals surface area contributed by atoms with Crippen molar-refractivity contribution in [1.82, 2.24) is 14.5 Å². The molecule has 0 aromatic carbocycles. The molecule has 6 nitrogen and oxygen atoms in total. The summed E-state index contributed by atoms with van der Waals surface area (Å²) in [6.45, 7) is 2.38. The van der Waals surface area contributed by atoms with E-state index in [-0.39, 0.29) is 17.6 Å². The number of halogens is 3. The van der Waals surface area contributed by atoms with E-state index in [0.717, 1.165) is 6.07 Å². The molecular weight excluding hydrogens is 321 g/mol. The Balaban J connectivity index is 1.91. The third-order valence-corrected chi connectivity index (χ3v) is 5.40. The molecule has 1 N–H and O–H groups in total. The summed E-state index contributed by atoms with van der Waals surface area (Å²) in [5.41, 5.74) is -1.04. The van der Waals surface area contributed by atoms with Crippen LogP contribution in [0, 0.1) is 0 Å². The monoisotopic (exact) mass is 338 g/mol. The standard InChI is InChI=1S/C12H17F3N4O2S/c1-2-22(20,21)19-7-5-9(6-8-19)16-11-4-3-10(17-18-11)12(13,14)15/h3-4,9H,2,5-8H2,1H3,(H,16,18). The molecule has 0 amide bonds. The number of hydrogen-bond donors (Lipinski definition) is 1. The molecule has 1 saturated heterocycles. The van der Waals surface area contributed by atoms with Crippen LogP contribution in [0.1, 0.15) is 25.5 Å². The Bertz CT molecular complexity index is 596. The van der Waals surface area contributed by atoms with E-state index in [1.54, 1.807) is 6.92 Å². The second-order valence-electron chi connectivity index (χ2n) is 5.02. The van der Waals surface area contributed by atoms with E-state index in [2.05, 4.69) is 15.5 Å². The zero-order valence-corrected chi connectivity index (χ0v) is 12.8. The van der Waals surface area contributed by atoms with Gasteiger partial charge < -0.3 is 5.32 Å². The number of hydrogen-bond acceptors (Lipinski definition) is 5. The number of alkyl halides is 3. The molecule has 0 saturated carbocycles. The first-order valence-corrected chi connectivity index (χ1v) is 8.48. The smallest absolute Gasteiger partial charge is 0.366 e. The molecule has 1 aromatic rings. The summed E-state index contributed by atoms with van der Waals surface area (Å²) in [4.78, 5) is 0. The van der Waals surface area contributed by atoms with Gasteiger partial charge in [0.2, 0.25) is 10.0 Å². The second kappa shape index (κ2) is 6.37. The van der Waals surface area contributed by atoms with Crippen LogP contribution < -0.4 is 5.32 Å². The zero-order valence-electron chi connectivity index (χ0n) is 12.0. The molecule has 0 unspecified atom stereocenters.